The lowest BCUT2D eigenvalue weighted by atomic mass is 10.2. The van der Waals surface area contributed by atoms with Crippen molar-refractivity contribution in [1.29, 1.82) is 0 Å². The highest BCUT2D eigenvalue weighted by molar-refractivity contribution is 5.90. The zero-order valence-electron chi connectivity index (χ0n) is 14.2. The molecule has 0 aliphatic carbocycles. The quantitative estimate of drug-likeness (QED) is 0.324. The van der Waals surface area contributed by atoms with Crippen molar-refractivity contribution in [3.63, 3.8) is 0 Å². The number of anilines is 2. The van der Waals surface area contributed by atoms with Crippen LogP contribution in [0.5, 0.6) is 0 Å². The van der Waals surface area contributed by atoms with Crippen LogP contribution in [0.15, 0.2) is 54.9 Å². The maximum Gasteiger partial charge on any atom is 0.270 e. The molecule has 0 fully saturated rings. The second-order valence-corrected chi connectivity index (χ2v) is 6.13. The van der Waals surface area contributed by atoms with Crippen molar-refractivity contribution < 1.29 is 4.92 Å². The number of nitrogens with one attached hydrogen (secondary N) is 3. The number of aromatic amines is 2. The van der Waals surface area contributed by atoms with Crippen LogP contribution < -0.4 is 5.32 Å². The summed E-state index contributed by atoms with van der Waals surface area (Å²) in [4.78, 5) is 19.7. The second-order valence-electron chi connectivity index (χ2n) is 6.13. The highest BCUT2D eigenvalue weighted by Crippen LogP contribution is 2.28. The number of benzene rings is 2. The minimum absolute atomic E-state index is 0.0207. The van der Waals surface area contributed by atoms with Gasteiger partial charge < -0.3 is 5.32 Å². The van der Waals surface area contributed by atoms with E-state index in [1.54, 1.807) is 24.5 Å². The average molecular weight is 372 g/mol. The van der Waals surface area contributed by atoms with E-state index in [4.69, 9.17) is 0 Å². The molecule has 3 heterocycles. The van der Waals surface area contributed by atoms with Crippen molar-refractivity contribution in [3.8, 4) is 11.4 Å². The molecule has 136 valence electrons. The van der Waals surface area contributed by atoms with Crippen LogP contribution in [-0.4, -0.2) is 35.3 Å². The molecule has 0 atom stereocenters. The number of non-ortho nitro benzene ring substituents is 1. The van der Waals surface area contributed by atoms with E-state index >= 15 is 0 Å². The van der Waals surface area contributed by atoms with Crippen molar-refractivity contribution in [2.45, 2.75) is 0 Å². The molecule has 0 unspecified atom stereocenters. The van der Waals surface area contributed by atoms with Crippen LogP contribution in [0.4, 0.5) is 17.2 Å². The zero-order valence-corrected chi connectivity index (χ0v) is 14.2. The molecular formula is C18H12N8O2. The van der Waals surface area contributed by atoms with Crippen LogP contribution >= 0.6 is 0 Å². The van der Waals surface area contributed by atoms with Crippen LogP contribution in [0.1, 0.15) is 0 Å². The van der Waals surface area contributed by atoms with Gasteiger partial charge in [-0.05, 0) is 18.2 Å². The summed E-state index contributed by atoms with van der Waals surface area (Å²) in [5, 5.41) is 29.2. The van der Waals surface area contributed by atoms with E-state index in [-0.39, 0.29) is 5.69 Å². The lowest BCUT2D eigenvalue weighted by Crippen LogP contribution is -1.99. The number of nitro groups is 1. The van der Waals surface area contributed by atoms with Gasteiger partial charge in [0, 0.05) is 28.8 Å². The highest BCUT2D eigenvalue weighted by Gasteiger charge is 2.14. The summed E-state index contributed by atoms with van der Waals surface area (Å²) < 4.78 is 0. The van der Waals surface area contributed by atoms with Crippen LogP contribution in [0.3, 0.4) is 0 Å². The third-order valence-corrected chi connectivity index (χ3v) is 4.32. The van der Waals surface area contributed by atoms with Gasteiger partial charge in [-0.3, -0.25) is 20.3 Å². The summed E-state index contributed by atoms with van der Waals surface area (Å²) in [5.74, 6) is 0.880. The Hall–Kier alpha value is -4.34. The maximum absolute atomic E-state index is 11.1. The van der Waals surface area contributed by atoms with Gasteiger partial charge in [0.25, 0.3) is 5.69 Å². The Morgan fingerprint density at radius 2 is 1.89 bits per heavy atom. The van der Waals surface area contributed by atoms with Gasteiger partial charge >= 0.3 is 0 Å². The Morgan fingerprint density at radius 3 is 2.79 bits per heavy atom. The molecule has 0 bridgehead atoms. The Bertz CT molecular complexity index is 1340. The fourth-order valence-electron chi connectivity index (χ4n) is 2.97. The number of nitro benzene ring substituents is 1. The van der Waals surface area contributed by atoms with Crippen LogP contribution in [0.25, 0.3) is 33.3 Å². The van der Waals surface area contributed by atoms with Gasteiger partial charge in [0.05, 0.1) is 22.8 Å². The van der Waals surface area contributed by atoms with Gasteiger partial charge in [-0.2, -0.15) is 10.2 Å². The third-order valence-electron chi connectivity index (χ3n) is 4.32. The standard InChI is InChI=1S/C18H12N8O2/c27-26(28)13-3-1-2-10(6-13)17-22-15-9-20-25-16(15)18(23-17)21-12-5-4-11-8-19-24-14(11)7-12/h1-9H,(H,19,24)(H,20,25)(H,21,22,23). The topological polar surface area (TPSA) is 138 Å². The molecule has 2 aromatic carbocycles. The Morgan fingerprint density at radius 1 is 1.00 bits per heavy atom. The van der Waals surface area contributed by atoms with E-state index < -0.39 is 4.92 Å². The highest BCUT2D eigenvalue weighted by atomic mass is 16.6. The van der Waals surface area contributed by atoms with Crippen molar-refractivity contribution in [2.75, 3.05) is 5.32 Å². The first-order valence-corrected chi connectivity index (χ1v) is 8.33. The largest absolute Gasteiger partial charge is 0.338 e. The summed E-state index contributed by atoms with van der Waals surface area (Å²) in [6, 6.07) is 12.0. The van der Waals surface area contributed by atoms with Crippen LogP contribution in [0.2, 0.25) is 0 Å². The second kappa shape index (κ2) is 6.13. The lowest BCUT2D eigenvalue weighted by molar-refractivity contribution is -0.384. The smallest absolute Gasteiger partial charge is 0.270 e. The first-order chi connectivity index (χ1) is 13.7. The van der Waals surface area contributed by atoms with Crippen molar-refractivity contribution >= 4 is 39.1 Å². The molecule has 0 saturated heterocycles. The van der Waals surface area contributed by atoms with Crippen LogP contribution in [-0.2, 0) is 0 Å². The predicted octanol–water partition coefficient (Wildman–Crippen LogP) is 3.55. The summed E-state index contributed by atoms with van der Waals surface area (Å²) in [6.45, 7) is 0. The van der Waals surface area contributed by atoms with Crippen LogP contribution in [0, 0.1) is 10.1 Å². The first kappa shape index (κ1) is 15.9. The fourth-order valence-corrected chi connectivity index (χ4v) is 2.97. The van der Waals surface area contributed by atoms with Crippen molar-refractivity contribution in [3.05, 3.63) is 65.0 Å². The van der Waals surface area contributed by atoms with E-state index in [0.29, 0.717) is 28.2 Å². The van der Waals surface area contributed by atoms with Gasteiger partial charge in [-0.25, -0.2) is 9.97 Å². The SMILES string of the molecule is O=[N+]([O-])c1cccc(-c2nc(Nc3ccc4cn[nH]c4c3)c3[nH]ncc3n2)c1. The molecule has 0 radical (unpaired) electrons. The van der Waals surface area contributed by atoms with Crippen molar-refractivity contribution in [1.82, 2.24) is 30.4 Å². The molecule has 5 aromatic rings. The number of hydrogen-bond acceptors (Lipinski definition) is 7. The first-order valence-electron chi connectivity index (χ1n) is 8.33. The van der Waals surface area contributed by atoms with E-state index in [1.807, 2.05) is 18.2 Å². The normalized spacial score (nSPS) is 11.1. The predicted molar refractivity (Wildman–Crippen MR) is 103 cm³/mol. The molecule has 0 spiro atoms. The third kappa shape index (κ3) is 2.69. The molecule has 10 heteroatoms. The van der Waals surface area contributed by atoms with Gasteiger partial charge in [0.1, 0.15) is 11.0 Å². The Kier molecular flexibility index (Phi) is 3.47. The fraction of sp³-hybridized carbons (Fsp3) is 0. The molecule has 3 N–H and O–H groups in total. The summed E-state index contributed by atoms with van der Waals surface area (Å²) in [5.41, 5.74) is 3.45. The molecule has 0 amide bonds. The number of nitrogens with zero attached hydrogens (tertiary/aromatic N) is 5. The number of aromatic nitrogens is 6. The molecule has 5 rings (SSSR count). The van der Waals surface area contributed by atoms with Gasteiger partial charge in [0.2, 0.25) is 0 Å². The average Bonchev–Trinajstić information content (AvgIpc) is 3.36. The molecule has 28 heavy (non-hydrogen) atoms. The number of fused-ring (bicyclic) bond motifs is 2. The summed E-state index contributed by atoms with van der Waals surface area (Å²) >= 11 is 0. The van der Waals surface area contributed by atoms with E-state index in [9.17, 15) is 10.1 Å². The minimum Gasteiger partial charge on any atom is -0.338 e. The van der Waals surface area contributed by atoms with Gasteiger partial charge in [-0.15, -0.1) is 0 Å². The monoisotopic (exact) mass is 372 g/mol. The number of hydrogen-bond donors (Lipinski definition) is 3. The zero-order chi connectivity index (χ0) is 19.1. The molecule has 0 saturated carbocycles. The van der Waals surface area contributed by atoms with E-state index in [1.165, 1.54) is 12.1 Å². The number of H-pyrrole nitrogens is 2. The summed E-state index contributed by atoms with van der Waals surface area (Å²) in [6.07, 6.45) is 3.33. The minimum atomic E-state index is -0.446. The number of rotatable bonds is 4. The van der Waals surface area contributed by atoms with E-state index in [0.717, 1.165) is 16.6 Å². The molecular weight excluding hydrogens is 360 g/mol. The van der Waals surface area contributed by atoms with E-state index in [2.05, 4.69) is 35.7 Å². The van der Waals surface area contributed by atoms with Crippen molar-refractivity contribution in [2.24, 2.45) is 0 Å². The Labute approximate surface area is 156 Å². The summed E-state index contributed by atoms with van der Waals surface area (Å²) in [7, 11) is 0. The Balaban J connectivity index is 1.61. The molecule has 0 aliphatic rings. The molecule has 3 aromatic heterocycles. The lowest BCUT2D eigenvalue weighted by Gasteiger charge is -2.09. The molecule has 10 nitrogen and oxygen atoms in total. The molecule has 0 aliphatic heterocycles. The van der Waals surface area contributed by atoms with Gasteiger partial charge in [0.15, 0.2) is 11.6 Å². The maximum atomic E-state index is 11.1. The van der Waals surface area contributed by atoms with Gasteiger partial charge in [-0.1, -0.05) is 12.1 Å².